The Balaban J connectivity index is 1.54. The molecule has 0 amide bonds. The van der Waals surface area contributed by atoms with Crippen LogP contribution < -0.4 is 11.3 Å². The van der Waals surface area contributed by atoms with Gasteiger partial charge in [-0.1, -0.05) is 12.1 Å². The third-order valence-corrected chi connectivity index (χ3v) is 9.04. The van der Waals surface area contributed by atoms with E-state index in [0.29, 0.717) is 35.7 Å². The molecule has 1 aliphatic rings. The number of hydrogen-bond donors (Lipinski definition) is 1. The number of benzene rings is 1. The maximum absolute atomic E-state index is 13.3. The van der Waals surface area contributed by atoms with Crippen molar-refractivity contribution in [1.82, 2.24) is 23.6 Å². The summed E-state index contributed by atoms with van der Waals surface area (Å²) in [5, 5.41) is 5.87. The Kier molecular flexibility index (Phi) is 4.91. The van der Waals surface area contributed by atoms with Crippen LogP contribution in [0.3, 0.4) is 0 Å². The number of nitrogens with two attached hydrogens (primary N) is 1. The van der Waals surface area contributed by atoms with Gasteiger partial charge in [-0.3, -0.25) is 4.79 Å². The van der Waals surface area contributed by atoms with E-state index in [9.17, 15) is 13.2 Å². The van der Waals surface area contributed by atoms with Gasteiger partial charge in [0.1, 0.15) is 5.52 Å². The van der Waals surface area contributed by atoms with Crippen LogP contribution in [0.1, 0.15) is 21.8 Å². The van der Waals surface area contributed by atoms with Gasteiger partial charge in [-0.05, 0) is 36.6 Å². The van der Waals surface area contributed by atoms with E-state index in [0.717, 1.165) is 22.2 Å². The van der Waals surface area contributed by atoms with Crippen LogP contribution >= 0.6 is 11.3 Å². The highest BCUT2D eigenvalue weighted by molar-refractivity contribution is 7.91. The summed E-state index contributed by atoms with van der Waals surface area (Å²) in [5.74, 6) is 0. The predicted octanol–water partition coefficient (Wildman–Crippen LogP) is 1.88. The highest BCUT2D eigenvalue weighted by Crippen LogP contribution is 2.32. The fourth-order valence-electron chi connectivity index (χ4n) is 4.25. The molecule has 4 heterocycles. The molecule has 1 aliphatic heterocycles. The summed E-state index contributed by atoms with van der Waals surface area (Å²) >= 11 is 1.17. The van der Waals surface area contributed by atoms with Crippen molar-refractivity contribution in [2.24, 2.45) is 7.05 Å². The van der Waals surface area contributed by atoms with Crippen LogP contribution in [-0.2, 0) is 36.6 Å². The third-order valence-electron chi connectivity index (χ3n) is 5.85. The Morgan fingerprint density at radius 2 is 2.06 bits per heavy atom. The van der Waals surface area contributed by atoms with E-state index in [1.165, 1.54) is 26.5 Å². The lowest BCUT2D eigenvalue weighted by Crippen LogP contribution is -2.36. The normalized spacial score (nSPS) is 14.7. The van der Waals surface area contributed by atoms with Crippen molar-refractivity contribution in [2.75, 3.05) is 12.3 Å². The molecule has 0 radical (unpaired) electrons. The molecule has 2 N–H and O–H groups in total. The van der Waals surface area contributed by atoms with Crippen molar-refractivity contribution in [3.63, 3.8) is 0 Å². The maximum atomic E-state index is 13.3. The van der Waals surface area contributed by atoms with Gasteiger partial charge in [0.15, 0.2) is 4.21 Å². The van der Waals surface area contributed by atoms with Crippen molar-refractivity contribution < 1.29 is 8.42 Å². The molecular formula is C21H22N6O3S2. The highest BCUT2D eigenvalue weighted by atomic mass is 32.2. The largest absolute Gasteiger partial charge is 0.399 e. The first-order valence-corrected chi connectivity index (χ1v) is 12.3. The second-order valence-electron chi connectivity index (χ2n) is 7.89. The molecule has 9 nitrogen and oxygen atoms in total. The Bertz CT molecular complexity index is 1520. The van der Waals surface area contributed by atoms with Crippen LogP contribution in [0.5, 0.6) is 0 Å². The SMILES string of the molecule is Cc1ncc(S(=O)(=O)N2CCc3c(n(C)c4c(=O)n(Cc5cccc(N)c5)ncc34)C2)s1. The first-order valence-electron chi connectivity index (χ1n) is 10.1. The van der Waals surface area contributed by atoms with Gasteiger partial charge in [0.2, 0.25) is 0 Å². The van der Waals surface area contributed by atoms with Gasteiger partial charge < -0.3 is 10.3 Å². The zero-order valence-electron chi connectivity index (χ0n) is 17.6. The van der Waals surface area contributed by atoms with Crippen LogP contribution in [0.2, 0.25) is 0 Å². The quantitative estimate of drug-likeness (QED) is 0.455. The fourth-order valence-corrected chi connectivity index (χ4v) is 6.92. The van der Waals surface area contributed by atoms with E-state index in [-0.39, 0.29) is 16.3 Å². The molecule has 4 aromatic rings. The molecule has 32 heavy (non-hydrogen) atoms. The summed E-state index contributed by atoms with van der Waals surface area (Å²) in [6.07, 6.45) is 3.63. The molecule has 0 saturated heterocycles. The zero-order chi connectivity index (χ0) is 22.6. The van der Waals surface area contributed by atoms with E-state index in [4.69, 9.17) is 5.73 Å². The maximum Gasteiger partial charge on any atom is 0.291 e. The lowest BCUT2D eigenvalue weighted by molar-refractivity contribution is 0.383. The molecule has 0 saturated carbocycles. The smallest absolute Gasteiger partial charge is 0.291 e. The second kappa shape index (κ2) is 7.54. The first-order chi connectivity index (χ1) is 15.3. The summed E-state index contributed by atoms with van der Waals surface area (Å²) in [5.41, 5.74) is 9.48. The van der Waals surface area contributed by atoms with Crippen LogP contribution in [-0.4, -0.2) is 38.6 Å². The molecule has 0 unspecified atom stereocenters. The molecule has 166 valence electrons. The summed E-state index contributed by atoms with van der Waals surface area (Å²) in [6.45, 7) is 2.64. The van der Waals surface area contributed by atoms with Gasteiger partial charge in [-0.2, -0.15) is 9.40 Å². The number of thiazole rings is 1. The van der Waals surface area contributed by atoms with E-state index in [1.807, 2.05) is 22.8 Å². The molecule has 3 aromatic heterocycles. The first kappa shape index (κ1) is 20.9. The number of sulfonamides is 1. The molecule has 0 spiro atoms. The van der Waals surface area contributed by atoms with Crippen LogP contribution in [0.4, 0.5) is 5.69 Å². The van der Waals surface area contributed by atoms with Crippen LogP contribution in [0.15, 0.2) is 45.7 Å². The Hall–Kier alpha value is -3.02. The van der Waals surface area contributed by atoms with Gasteiger partial charge in [0.25, 0.3) is 15.6 Å². The van der Waals surface area contributed by atoms with Crippen molar-refractivity contribution in [1.29, 1.82) is 0 Å². The summed E-state index contributed by atoms with van der Waals surface area (Å²) in [6, 6.07) is 7.35. The lowest BCUT2D eigenvalue weighted by Gasteiger charge is -2.26. The number of hydrogen-bond acceptors (Lipinski definition) is 7. The zero-order valence-corrected chi connectivity index (χ0v) is 19.3. The van der Waals surface area contributed by atoms with E-state index in [2.05, 4.69) is 10.1 Å². The third kappa shape index (κ3) is 3.33. The standard InChI is InChI=1S/C21H22N6O3S2/c1-13-23-10-19(31-13)32(29,30)26-7-6-16-17-9-24-27(11-14-4-3-5-15(22)8-14)21(28)20(17)25(2)18(16)12-26/h3-5,8-10H,6-7,11-12,22H2,1-2H3. The van der Waals surface area contributed by atoms with Crippen LogP contribution in [0, 0.1) is 6.92 Å². The number of nitrogen functional groups attached to an aromatic ring is 1. The van der Waals surface area contributed by atoms with Crippen LogP contribution in [0.25, 0.3) is 10.9 Å². The van der Waals surface area contributed by atoms with Gasteiger partial charge >= 0.3 is 0 Å². The Morgan fingerprint density at radius 1 is 1.25 bits per heavy atom. The second-order valence-corrected chi connectivity index (χ2v) is 11.3. The summed E-state index contributed by atoms with van der Waals surface area (Å²) < 4.78 is 31.1. The molecule has 0 fully saturated rings. The van der Waals surface area contributed by atoms with E-state index in [1.54, 1.807) is 26.2 Å². The number of fused-ring (bicyclic) bond motifs is 3. The molecule has 0 aliphatic carbocycles. The average molecular weight is 471 g/mol. The van der Waals surface area contributed by atoms with E-state index < -0.39 is 10.0 Å². The molecule has 0 atom stereocenters. The van der Waals surface area contributed by atoms with Crippen molar-refractivity contribution >= 4 is 38.0 Å². The fraction of sp³-hybridized carbons (Fsp3) is 0.286. The predicted molar refractivity (Wildman–Crippen MR) is 123 cm³/mol. The summed E-state index contributed by atoms with van der Waals surface area (Å²) in [7, 11) is -1.83. The molecule has 1 aromatic carbocycles. The van der Waals surface area contributed by atoms with Crippen molar-refractivity contribution in [2.45, 2.75) is 30.6 Å². The molecule has 0 bridgehead atoms. The van der Waals surface area contributed by atoms with Gasteiger partial charge in [0, 0.05) is 30.4 Å². The lowest BCUT2D eigenvalue weighted by atomic mass is 10.1. The Labute approximate surface area is 188 Å². The van der Waals surface area contributed by atoms with Crippen molar-refractivity contribution in [3.8, 4) is 0 Å². The average Bonchev–Trinajstić information content (AvgIpc) is 3.32. The van der Waals surface area contributed by atoms with Gasteiger partial charge in [-0.25, -0.2) is 18.1 Å². The number of aromatic nitrogens is 4. The Morgan fingerprint density at radius 3 is 2.78 bits per heavy atom. The minimum Gasteiger partial charge on any atom is -0.399 e. The highest BCUT2D eigenvalue weighted by Gasteiger charge is 2.33. The minimum atomic E-state index is -3.64. The van der Waals surface area contributed by atoms with Gasteiger partial charge in [-0.15, -0.1) is 11.3 Å². The number of anilines is 1. The summed E-state index contributed by atoms with van der Waals surface area (Å²) in [4.78, 5) is 17.4. The molecule has 5 rings (SSSR count). The monoisotopic (exact) mass is 470 g/mol. The van der Waals surface area contributed by atoms with E-state index >= 15 is 0 Å². The number of rotatable bonds is 4. The van der Waals surface area contributed by atoms with Crippen molar-refractivity contribution in [3.05, 3.63) is 68.8 Å². The topological polar surface area (TPSA) is 116 Å². The molecule has 11 heteroatoms. The molecular weight excluding hydrogens is 448 g/mol. The number of nitrogens with zero attached hydrogens (tertiary/aromatic N) is 5. The minimum absolute atomic E-state index is 0.203. The number of aryl methyl sites for hydroxylation is 2. The van der Waals surface area contributed by atoms with Gasteiger partial charge in [0.05, 0.1) is 30.5 Å².